The summed E-state index contributed by atoms with van der Waals surface area (Å²) in [5.74, 6) is 0.485. The summed E-state index contributed by atoms with van der Waals surface area (Å²) in [5, 5.41) is 0. The number of fused-ring (bicyclic) bond motifs is 1. The van der Waals surface area contributed by atoms with Crippen LogP contribution in [0.1, 0.15) is 21.5 Å². The molecule has 0 N–H and O–H groups in total. The van der Waals surface area contributed by atoms with E-state index in [0.717, 1.165) is 18.5 Å². The maximum absolute atomic E-state index is 12.1. The summed E-state index contributed by atoms with van der Waals surface area (Å²) in [6.45, 7) is 2.89. The fraction of sp³-hybridized carbons (Fsp3) is 0.462. The molecule has 0 spiro atoms. The molecule has 80 valence electrons. The first kappa shape index (κ1) is 10.4. The van der Waals surface area contributed by atoms with Gasteiger partial charge in [-0.15, -0.1) is 0 Å². The Morgan fingerprint density at radius 1 is 1.40 bits per heavy atom. The Morgan fingerprint density at radius 3 is 2.80 bits per heavy atom. The second-order valence-electron chi connectivity index (χ2n) is 4.69. The Balaban J connectivity index is 2.26. The van der Waals surface area contributed by atoms with Gasteiger partial charge in [0.15, 0.2) is 5.78 Å². The number of benzene rings is 1. The molecule has 0 bridgehead atoms. The summed E-state index contributed by atoms with van der Waals surface area (Å²) in [6.07, 6.45) is 0.909. The summed E-state index contributed by atoms with van der Waals surface area (Å²) in [4.78, 5) is 14.1. The maximum Gasteiger partial charge on any atom is 0.167 e. The summed E-state index contributed by atoms with van der Waals surface area (Å²) >= 11 is 0. The first-order chi connectivity index (χ1) is 7.08. The predicted octanol–water partition coefficient (Wildman–Crippen LogP) is 1.91. The van der Waals surface area contributed by atoms with E-state index in [4.69, 9.17) is 0 Å². The van der Waals surface area contributed by atoms with Crippen LogP contribution in [0.4, 0.5) is 0 Å². The van der Waals surface area contributed by atoms with Gasteiger partial charge in [-0.25, -0.2) is 0 Å². The number of hydrogen-bond acceptors (Lipinski definition) is 2. The zero-order chi connectivity index (χ0) is 11.0. The molecule has 0 heterocycles. The number of nitrogens with zero attached hydrogens (tertiary/aromatic N) is 1. The van der Waals surface area contributed by atoms with Crippen molar-refractivity contribution in [1.29, 1.82) is 0 Å². The Morgan fingerprint density at radius 2 is 2.13 bits per heavy atom. The highest BCUT2D eigenvalue weighted by molar-refractivity contribution is 6.02. The van der Waals surface area contributed by atoms with Crippen LogP contribution < -0.4 is 0 Å². The second-order valence-corrected chi connectivity index (χ2v) is 4.69. The summed E-state index contributed by atoms with van der Waals surface area (Å²) < 4.78 is 0. The van der Waals surface area contributed by atoms with Gasteiger partial charge in [0.25, 0.3) is 0 Å². The monoisotopic (exact) mass is 203 g/mol. The van der Waals surface area contributed by atoms with Crippen LogP contribution in [0.25, 0.3) is 0 Å². The summed E-state index contributed by atoms with van der Waals surface area (Å²) in [6, 6.07) is 6.20. The normalized spacial score (nSPS) is 19.7. The molecule has 0 saturated carbocycles. The number of Topliss-reactive ketones (excluding diaryl/α,β-unsaturated/α-hetero) is 1. The van der Waals surface area contributed by atoms with Crippen molar-refractivity contribution in [2.75, 3.05) is 20.6 Å². The Labute approximate surface area is 90.9 Å². The highest BCUT2D eigenvalue weighted by atomic mass is 16.1. The van der Waals surface area contributed by atoms with Gasteiger partial charge in [-0.2, -0.15) is 0 Å². The van der Waals surface area contributed by atoms with E-state index in [1.165, 1.54) is 11.1 Å². The van der Waals surface area contributed by atoms with Crippen molar-refractivity contribution in [2.45, 2.75) is 13.3 Å². The molecule has 1 atom stereocenters. The molecule has 0 aromatic heterocycles. The lowest BCUT2D eigenvalue weighted by atomic mass is 10.0. The fourth-order valence-electron chi connectivity index (χ4n) is 2.26. The molecule has 15 heavy (non-hydrogen) atoms. The summed E-state index contributed by atoms with van der Waals surface area (Å²) in [5.41, 5.74) is 3.34. The van der Waals surface area contributed by atoms with Crippen LogP contribution >= 0.6 is 0 Å². The maximum atomic E-state index is 12.1. The molecule has 0 fully saturated rings. The first-order valence-electron chi connectivity index (χ1n) is 5.36. The molecular weight excluding hydrogens is 186 g/mol. The zero-order valence-electron chi connectivity index (χ0n) is 9.58. The van der Waals surface area contributed by atoms with Crippen molar-refractivity contribution in [3.05, 3.63) is 34.9 Å². The van der Waals surface area contributed by atoms with Crippen LogP contribution in [0.2, 0.25) is 0 Å². The van der Waals surface area contributed by atoms with Gasteiger partial charge in [-0.05, 0) is 39.1 Å². The molecule has 1 aliphatic carbocycles. The quantitative estimate of drug-likeness (QED) is 0.732. The van der Waals surface area contributed by atoms with Crippen molar-refractivity contribution in [3.63, 3.8) is 0 Å². The van der Waals surface area contributed by atoms with Crippen LogP contribution in [0.15, 0.2) is 18.2 Å². The van der Waals surface area contributed by atoms with Gasteiger partial charge in [0.2, 0.25) is 0 Å². The zero-order valence-corrected chi connectivity index (χ0v) is 9.58. The number of ketones is 1. The van der Waals surface area contributed by atoms with Gasteiger partial charge >= 0.3 is 0 Å². The molecule has 2 rings (SSSR count). The lowest BCUT2D eigenvalue weighted by Crippen LogP contribution is -2.25. The third kappa shape index (κ3) is 1.95. The minimum Gasteiger partial charge on any atom is -0.309 e. The SMILES string of the molecule is Cc1ccc2c(c1)C(=O)C(CN(C)C)C2. The van der Waals surface area contributed by atoms with Crippen molar-refractivity contribution in [1.82, 2.24) is 4.90 Å². The molecule has 1 aliphatic rings. The number of aryl methyl sites for hydroxylation is 1. The van der Waals surface area contributed by atoms with Crippen molar-refractivity contribution in [2.24, 2.45) is 5.92 Å². The van der Waals surface area contributed by atoms with Crippen LogP contribution in [0.3, 0.4) is 0 Å². The molecule has 1 aromatic carbocycles. The standard InChI is InChI=1S/C13H17NO/c1-9-4-5-10-7-11(8-14(2)3)13(15)12(10)6-9/h4-6,11H,7-8H2,1-3H3. The van der Waals surface area contributed by atoms with E-state index in [2.05, 4.69) is 17.0 Å². The first-order valence-corrected chi connectivity index (χ1v) is 5.36. The largest absolute Gasteiger partial charge is 0.309 e. The number of hydrogen-bond donors (Lipinski definition) is 0. The van der Waals surface area contributed by atoms with Crippen molar-refractivity contribution < 1.29 is 4.79 Å². The second kappa shape index (κ2) is 3.78. The third-order valence-corrected chi connectivity index (χ3v) is 2.95. The molecule has 0 aliphatic heterocycles. The van der Waals surface area contributed by atoms with Crippen molar-refractivity contribution in [3.8, 4) is 0 Å². The lowest BCUT2D eigenvalue weighted by molar-refractivity contribution is 0.0916. The summed E-state index contributed by atoms with van der Waals surface area (Å²) in [7, 11) is 4.03. The van der Waals surface area contributed by atoms with Gasteiger partial charge in [0.1, 0.15) is 0 Å². The Kier molecular flexibility index (Phi) is 2.61. The molecule has 0 radical (unpaired) electrons. The molecule has 1 unspecified atom stereocenters. The van der Waals surface area contributed by atoms with Crippen LogP contribution in [0.5, 0.6) is 0 Å². The molecule has 2 nitrogen and oxygen atoms in total. The number of carbonyl (C=O) groups excluding carboxylic acids is 1. The minimum atomic E-state index is 0.164. The highest BCUT2D eigenvalue weighted by Crippen LogP contribution is 2.27. The van der Waals surface area contributed by atoms with E-state index < -0.39 is 0 Å². The van der Waals surface area contributed by atoms with E-state index in [-0.39, 0.29) is 5.92 Å². The average molecular weight is 203 g/mol. The Bertz CT molecular complexity index is 396. The topological polar surface area (TPSA) is 20.3 Å². The van der Waals surface area contributed by atoms with Crippen LogP contribution in [-0.4, -0.2) is 31.3 Å². The molecule has 0 amide bonds. The predicted molar refractivity (Wildman–Crippen MR) is 61.3 cm³/mol. The average Bonchev–Trinajstić information content (AvgIpc) is 2.44. The molecule has 2 heteroatoms. The van der Waals surface area contributed by atoms with E-state index in [0.29, 0.717) is 5.78 Å². The van der Waals surface area contributed by atoms with E-state index in [9.17, 15) is 4.79 Å². The molecule has 0 saturated heterocycles. The van der Waals surface area contributed by atoms with E-state index in [1.807, 2.05) is 27.1 Å². The van der Waals surface area contributed by atoms with Crippen LogP contribution in [-0.2, 0) is 6.42 Å². The number of carbonyl (C=O) groups is 1. The minimum absolute atomic E-state index is 0.164. The fourth-order valence-corrected chi connectivity index (χ4v) is 2.26. The van der Waals surface area contributed by atoms with Gasteiger partial charge in [-0.1, -0.05) is 17.7 Å². The van der Waals surface area contributed by atoms with E-state index >= 15 is 0 Å². The number of rotatable bonds is 2. The highest BCUT2D eigenvalue weighted by Gasteiger charge is 2.30. The van der Waals surface area contributed by atoms with Gasteiger partial charge in [0.05, 0.1) is 0 Å². The van der Waals surface area contributed by atoms with Gasteiger partial charge in [-0.3, -0.25) is 4.79 Å². The van der Waals surface area contributed by atoms with E-state index in [1.54, 1.807) is 0 Å². The van der Waals surface area contributed by atoms with Gasteiger partial charge < -0.3 is 4.90 Å². The Hall–Kier alpha value is -1.15. The van der Waals surface area contributed by atoms with Crippen LogP contribution in [0, 0.1) is 12.8 Å². The molecule has 1 aromatic rings. The van der Waals surface area contributed by atoms with Gasteiger partial charge in [0, 0.05) is 18.0 Å². The van der Waals surface area contributed by atoms with Crippen molar-refractivity contribution >= 4 is 5.78 Å². The lowest BCUT2D eigenvalue weighted by Gasteiger charge is -2.13. The smallest absolute Gasteiger partial charge is 0.167 e. The molecular formula is C13H17NO. The third-order valence-electron chi connectivity index (χ3n) is 2.95.